The maximum Gasteiger partial charge on any atom is 0.254 e. The van der Waals surface area contributed by atoms with E-state index < -0.39 is 6.10 Å². The maximum absolute atomic E-state index is 13.0. The van der Waals surface area contributed by atoms with Crippen LogP contribution in [0.1, 0.15) is 40.4 Å². The molecule has 0 saturated carbocycles. The lowest BCUT2D eigenvalue weighted by atomic mass is 9.95. The lowest BCUT2D eigenvalue weighted by molar-refractivity contribution is 0.0654. The Hall–Kier alpha value is -1.66. The molecule has 1 fully saturated rings. The Bertz CT molecular complexity index is 854. The van der Waals surface area contributed by atoms with Crippen LogP contribution in [-0.2, 0) is 6.54 Å². The van der Waals surface area contributed by atoms with Crippen molar-refractivity contribution in [3.05, 3.63) is 70.0 Å². The molecule has 0 bridgehead atoms. The first-order chi connectivity index (χ1) is 13.5. The van der Waals surface area contributed by atoms with Crippen molar-refractivity contribution in [1.82, 2.24) is 9.80 Å². The highest BCUT2D eigenvalue weighted by Gasteiger charge is 2.30. The van der Waals surface area contributed by atoms with E-state index in [2.05, 4.69) is 4.90 Å². The molecule has 1 unspecified atom stereocenters. The van der Waals surface area contributed by atoms with Crippen LogP contribution in [0.25, 0.3) is 0 Å². The number of nitrogens with zero attached hydrogens (tertiary/aromatic N) is 2. The van der Waals surface area contributed by atoms with Crippen molar-refractivity contribution in [1.29, 1.82) is 0 Å². The Morgan fingerprint density at radius 2 is 1.83 bits per heavy atom. The molecule has 0 aromatic heterocycles. The fraction of sp³-hybridized carbons (Fsp3) is 0.409. The van der Waals surface area contributed by atoms with E-state index in [-0.39, 0.29) is 24.1 Å². The molecule has 2 heterocycles. The second-order valence-corrected chi connectivity index (χ2v) is 8.23. The summed E-state index contributed by atoms with van der Waals surface area (Å²) in [6.45, 7) is 3.73. The van der Waals surface area contributed by atoms with Gasteiger partial charge in [0.05, 0.1) is 6.10 Å². The van der Waals surface area contributed by atoms with Crippen molar-refractivity contribution in [2.75, 3.05) is 26.2 Å². The normalized spacial score (nSPS) is 18.4. The number of fused-ring (bicyclic) bond motifs is 1. The van der Waals surface area contributed by atoms with Gasteiger partial charge in [-0.1, -0.05) is 23.7 Å². The number of rotatable bonds is 5. The van der Waals surface area contributed by atoms with Crippen molar-refractivity contribution >= 4 is 29.9 Å². The summed E-state index contributed by atoms with van der Waals surface area (Å²) in [6, 6.07) is 11.5. The Balaban J connectivity index is 0.00000240. The van der Waals surface area contributed by atoms with Gasteiger partial charge in [-0.3, -0.25) is 4.79 Å². The summed E-state index contributed by atoms with van der Waals surface area (Å²) in [5.41, 5.74) is 2.52. The fourth-order valence-corrected chi connectivity index (χ4v) is 4.39. The number of likely N-dealkylation sites (tertiary alicyclic amines) is 1. The second kappa shape index (κ2) is 9.43. The molecule has 1 saturated heterocycles. The van der Waals surface area contributed by atoms with Crippen LogP contribution < -0.4 is 0 Å². The van der Waals surface area contributed by atoms with Gasteiger partial charge in [0.25, 0.3) is 5.91 Å². The molecule has 1 amide bonds. The first-order valence-electron chi connectivity index (χ1n) is 9.73. The molecule has 4 rings (SSSR count). The molecular formula is C22H25Cl2FN2O2. The summed E-state index contributed by atoms with van der Waals surface area (Å²) in [4.78, 5) is 16.8. The van der Waals surface area contributed by atoms with Gasteiger partial charge in [0.1, 0.15) is 5.82 Å². The largest absolute Gasteiger partial charge is 0.387 e. The molecule has 2 aromatic carbocycles. The van der Waals surface area contributed by atoms with Gasteiger partial charge in [0.2, 0.25) is 0 Å². The number of benzene rings is 2. The van der Waals surface area contributed by atoms with Crippen LogP contribution in [0.15, 0.2) is 42.5 Å². The Kier molecular flexibility index (Phi) is 7.17. The van der Waals surface area contributed by atoms with Gasteiger partial charge < -0.3 is 14.9 Å². The maximum atomic E-state index is 13.0. The van der Waals surface area contributed by atoms with Crippen molar-refractivity contribution < 1.29 is 14.3 Å². The van der Waals surface area contributed by atoms with Gasteiger partial charge in [0, 0.05) is 30.2 Å². The van der Waals surface area contributed by atoms with Gasteiger partial charge in [-0.2, -0.15) is 0 Å². The third-order valence-electron chi connectivity index (χ3n) is 5.82. The summed E-state index contributed by atoms with van der Waals surface area (Å²) < 4.78 is 13.0. The van der Waals surface area contributed by atoms with Crippen LogP contribution in [0.5, 0.6) is 0 Å². The first-order valence-corrected chi connectivity index (χ1v) is 10.1. The monoisotopic (exact) mass is 438 g/mol. The van der Waals surface area contributed by atoms with E-state index >= 15 is 0 Å². The molecule has 1 N–H and O–H groups in total. The minimum atomic E-state index is -0.614. The van der Waals surface area contributed by atoms with Gasteiger partial charge in [-0.05, 0) is 73.3 Å². The van der Waals surface area contributed by atoms with Crippen LogP contribution in [0.2, 0.25) is 5.02 Å². The lowest BCUT2D eigenvalue weighted by Gasteiger charge is -2.34. The number of hydrogen-bond donors (Lipinski definition) is 1. The zero-order valence-corrected chi connectivity index (χ0v) is 17.6. The Labute approximate surface area is 181 Å². The summed E-state index contributed by atoms with van der Waals surface area (Å²) in [5, 5.41) is 11.1. The van der Waals surface area contributed by atoms with Gasteiger partial charge in [-0.25, -0.2) is 4.39 Å². The second-order valence-electron chi connectivity index (χ2n) is 7.80. The number of amides is 1. The van der Waals surface area contributed by atoms with Crippen molar-refractivity contribution in [2.24, 2.45) is 5.92 Å². The first kappa shape index (κ1) is 22.0. The number of aliphatic hydroxyl groups is 1. The molecule has 1 atom stereocenters. The number of hydrogen-bond acceptors (Lipinski definition) is 3. The van der Waals surface area contributed by atoms with E-state index in [4.69, 9.17) is 11.6 Å². The van der Waals surface area contributed by atoms with Gasteiger partial charge in [0.15, 0.2) is 0 Å². The molecule has 29 heavy (non-hydrogen) atoms. The summed E-state index contributed by atoms with van der Waals surface area (Å²) in [6.07, 6.45) is 1.38. The number of halogens is 3. The summed E-state index contributed by atoms with van der Waals surface area (Å²) >= 11 is 6.05. The lowest BCUT2D eigenvalue weighted by Crippen LogP contribution is -2.40. The highest BCUT2D eigenvalue weighted by molar-refractivity contribution is 6.30. The molecule has 0 aliphatic carbocycles. The molecule has 2 aromatic rings. The molecule has 2 aliphatic heterocycles. The predicted molar refractivity (Wildman–Crippen MR) is 114 cm³/mol. The average Bonchev–Trinajstić information content (AvgIpc) is 2.98. The number of carbonyl (C=O) groups is 1. The standard InChI is InChI=1S/C22H24ClFN2O2.ClH/c23-18-3-6-20-17(11-18)13-26(22(20)28)12-15-7-9-25(10-8-15)14-21(27)16-1-4-19(24)5-2-16;/h1-6,11,15,21,27H,7-10,12-14H2;1H. The topological polar surface area (TPSA) is 43.8 Å². The number of piperidine rings is 1. The minimum absolute atomic E-state index is 0. The Morgan fingerprint density at radius 3 is 2.52 bits per heavy atom. The summed E-state index contributed by atoms with van der Waals surface area (Å²) in [7, 11) is 0. The molecule has 4 nitrogen and oxygen atoms in total. The molecule has 7 heteroatoms. The molecule has 156 valence electrons. The fourth-order valence-electron chi connectivity index (χ4n) is 4.20. The minimum Gasteiger partial charge on any atom is -0.387 e. The summed E-state index contributed by atoms with van der Waals surface area (Å²) in [5.74, 6) is 0.270. The van der Waals surface area contributed by atoms with Crippen molar-refractivity contribution in [3.8, 4) is 0 Å². The number of β-amino-alcohol motifs (C(OH)–C–C–N with tert-alkyl or cyclic N) is 1. The zero-order valence-electron chi connectivity index (χ0n) is 16.1. The number of carbonyl (C=O) groups excluding carboxylic acids is 1. The van der Waals surface area contributed by atoms with E-state index in [1.807, 2.05) is 17.0 Å². The van der Waals surface area contributed by atoms with Crippen LogP contribution >= 0.6 is 24.0 Å². The SMILES string of the molecule is Cl.O=C1c2ccc(Cl)cc2CN1CC1CCN(CC(O)c2ccc(F)cc2)CC1. The van der Waals surface area contributed by atoms with E-state index in [0.717, 1.165) is 49.2 Å². The highest BCUT2D eigenvalue weighted by atomic mass is 35.5. The molecule has 0 spiro atoms. The van der Waals surface area contributed by atoms with E-state index in [1.54, 1.807) is 18.2 Å². The van der Waals surface area contributed by atoms with E-state index in [1.165, 1.54) is 12.1 Å². The van der Waals surface area contributed by atoms with Crippen molar-refractivity contribution in [3.63, 3.8) is 0 Å². The average molecular weight is 439 g/mol. The van der Waals surface area contributed by atoms with Crippen LogP contribution in [0, 0.1) is 11.7 Å². The highest BCUT2D eigenvalue weighted by Crippen LogP contribution is 2.28. The molecule has 2 aliphatic rings. The van der Waals surface area contributed by atoms with Crippen LogP contribution in [0.4, 0.5) is 4.39 Å². The van der Waals surface area contributed by atoms with Crippen molar-refractivity contribution in [2.45, 2.75) is 25.5 Å². The number of aliphatic hydroxyl groups excluding tert-OH is 1. The predicted octanol–water partition coefficient (Wildman–Crippen LogP) is 4.30. The molecule has 0 radical (unpaired) electrons. The van der Waals surface area contributed by atoms with E-state index in [9.17, 15) is 14.3 Å². The smallest absolute Gasteiger partial charge is 0.254 e. The third-order valence-corrected chi connectivity index (χ3v) is 6.05. The van der Waals surface area contributed by atoms with Crippen LogP contribution in [0.3, 0.4) is 0 Å². The third kappa shape index (κ3) is 5.10. The quantitative estimate of drug-likeness (QED) is 0.756. The van der Waals surface area contributed by atoms with Gasteiger partial charge in [-0.15, -0.1) is 12.4 Å². The van der Waals surface area contributed by atoms with E-state index in [0.29, 0.717) is 24.0 Å². The Morgan fingerprint density at radius 1 is 1.14 bits per heavy atom. The molecular weight excluding hydrogens is 414 g/mol. The van der Waals surface area contributed by atoms with Gasteiger partial charge >= 0.3 is 0 Å². The van der Waals surface area contributed by atoms with Crippen LogP contribution in [-0.4, -0.2) is 47.0 Å². The zero-order chi connectivity index (χ0) is 19.7.